The number of carbonyl (C=O) groups is 1. The van der Waals surface area contributed by atoms with Gasteiger partial charge in [-0.15, -0.1) is 0 Å². The Kier molecular flexibility index (Phi) is 6.24. The maximum Gasteiger partial charge on any atom is 0.261 e. The van der Waals surface area contributed by atoms with E-state index in [4.69, 9.17) is 21.1 Å². The zero-order chi connectivity index (χ0) is 21.2. The summed E-state index contributed by atoms with van der Waals surface area (Å²) in [4.78, 5) is 12.9. The van der Waals surface area contributed by atoms with Crippen LogP contribution in [0.1, 0.15) is 24.9 Å². The molecule has 0 spiro atoms. The van der Waals surface area contributed by atoms with Crippen LogP contribution < -0.4 is 19.1 Å². The van der Waals surface area contributed by atoms with Crippen LogP contribution in [0.4, 0.5) is 5.69 Å². The highest BCUT2D eigenvalue weighted by atomic mass is 35.5. The van der Waals surface area contributed by atoms with Gasteiger partial charge in [-0.1, -0.05) is 29.8 Å². The highest BCUT2D eigenvalue weighted by Crippen LogP contribution is 2.36. The number of para-hydroxylation sites is 1. The number of benzene rings is 2. The number of carbonyl (C=O) groups excluding carboxylic acids is 1. The number of hydrogen-bond acceptors (Lipinski definition) is 5. The standard InChI is InChI=1S/C20H23ClN2O5S/c1-13(15-6-4-5-7-17(15)27-2)22-20(24)19-10-11-23(29(3,25)26)16-12-14(21)8-9-18(16)28-19/h4-9,12-13,19H,10-11H2,1-3H3,(H,22,24)/t13-,19-/m0/s1. The lowest BCUT2D eigenvalue weighted by molar-refractivity contribution is -0.128. The summed E-state index contributed by atoms with van der Waals surface area (Å²) < 4.78 is 36.9. The molecule has 1 N–H and O–H groups in total. The molecule has 0 aromatic heterocycles. The number of amides is 1. The van der Waals surface area contributed by atoms with E-state index in [1.807, 2.05) is 31.2 Å². The van der Waals surface area contributed by atoms with Crippen LogP contribution in [-0.4, -0.2) is 40.3 Å². The summed E-state index contributed by atoms with van der Waals surface area (Å²) in [6.07, 6.45) is 0.463. The van der Waals surface area contributed by atoms with Gasteiger partial charge in [0.15, 0.2) is 6.10 Å². The highest BCUT2D eigenvalue weighted by Gasteiger charge is 2.32. The number of sulfonamides is 1. The molecule has 0 fully saturated rings. The lowest BCUT2D eigenvalue weighted by Crippen LogP contribution is -2.40. The van der Waals surface area contributed by atoms with Crippen molar-refractivity contribution in [2.45, 2.75) is 25.5 Å². The van der Waals surface area contributed by atoms with Crippen molar-refractivity contribution in [2.24, 2.45) is 0 Å². The second-order valence-electron chi connectivity index (χ2n) is 6.81. The maximum absolute atomic E-state index is 12.9. The van der Waals surface area contributed by atoms with Crippen LogP contribution in [0.25, 0.3) is 0 Å². The minimum absolute atomic E-state index is 0.104. The Morgan fingerprint density at radius 1 is 1.31 bits per heavy atom. The van der Waals surface area contributed by atoms with Crippen LogP contribution in [0.3, 0.4) is 0 Å². The summed E-state index contributed by atoms with van der Waals surface area (Å²) in [6.45, 7) is 1.95. The second kappa shape index (κ2) is 8.51. The molecule has 0 bridgehead atoms. The van der Waals surface area contributed by atoms with Crippen LogP contribution in [-0.2, 0) is 14.8 Å². The molecule has 1 heterocycles. The first-order valence-corrected chi connectivity index (χ1v) is 11.3. The van der Waals surface area contributed by atoms with Crippen molar-refractivity contribution in [3.63, 3.8) is 0 Å². The number of nitrogens with one attached hydrogen (secondary N) is 1. The minimum Gasteiger partial charge on any atom is -0.496 e. The van der Waals surface area contributed by atoms with Crippen LogP contribution in [0.5, 0.6) is 11.5 Å². The summed E-state index contributed by atoms with van der Waals surface area (Å²) in [5, 5.41) is 3.31. The first kappa shape index (κ1) is 21.3. The molecule has 1 aliphatic rings. The Balaban J connectivity index is 1.83. The van der Waals surface area contributed by atoms with E-state index in [2.05, 4.69) is 5.32 Å². The smallest absolute Gasteiger partial charge is 0.261 e. The fourth-order valence-corrected chi connectivity index (χ4v) is 4.39. The number of ether oxygens (including phenoxy) is 2. The molecular formula is C20H23ClN2O5S. The van der Waals surface area contributed by atoms with Crippen LogP contribution >= 0.6 is 11.6 Å². The van der Waals surface area contributed by atoms with Crippen LogP contribution in [0.2, 0.25) is 5.02 Å². The monoisotopic (exact) mass is 438 g/mol. The molecule has 1 aliphatic heterocycles. The lowest BCUT2D eigenvalue weighted by atomic mass is 10.1. The molecule has 0 saturated carbocycles. The molecule has 2 atom stereocenters. The third-order valence-electron chi connectivity index (χ3n) is 4.71. The number of anilines is 1. The van der Waals surface area contributed by atoms with Gasteiger partial charge in [-0.05, 0) is 31.2 Å². The van der Waals surface area contributed by atoms with Crippen molar-refractivity contribution < 1.29 is 22.7 Å². The van der Waals surface area contributed by atoms with Crippen molar-refractivity contribution in [1.29, 1.82) is 0 Å². The van der Waals surface area contributed by atoms with Crippen molar-refractivity contribution in [3.8, 4) is 11.5 Å². The average Bonchev–Trinajstić information content (AvgIpc) is 2.87. The Morgan fingerprint density at radius 3 is 2.72 bits per heavy atom. The first-order valence-electron chi connectivity index (χ1n) is 9.08. The average molecular weight is 439 g/mol. The molecule has 29 heavy (non-hydrogen) atoms. The second-order valence-corrected chi connectivity index (χ2v) is 9.16. The third-order valence-corrected chi connectivity index (χ3v) is 6.13. The van der Waals surface area contributed by atoms with Gasteiger partial charge in [0.25, 0.3) is 5.91 Å². The first-order chi connectivity index (χ1) is 13.7. The summed E-state index contributed by atoms with van der Waals surface area (Å²) in [6, 6.07) is 11.8. The number of fused-ring (bicyclic) bond motifs is 1. The number of hydrogen-bond donors (Lipinski definition) is 1. The summed E-state index contributed by atoms with van der Waals surface area (Å²) in [5.74, 6) is 0.632. The minimum atomic E-state index is -3.56. The Hall–Kier alpha value is -2.45. The summed E-state index contributed by atoms with van der Waals surface area (Å²) in [7, 11) is -1.98. The molecule has 7 nitrogen and oxygen atoms in total. The SMILES string of the molecule is COc1ccccc1[C@H](C)NC(=O)[C@@H]1CCN(S(C)(=O)=O)c2cc(Cl)ccc2O1. The number of nitrogens with zero attached hydrogens (tertiary/aromatic N) is 1. The maximum atomic E-state index is 12.9. The molecule has 3 rings (SSSR count). The fraction of sp³-hybridized carbons (Fsp3) is 0.350. The zero-order valence-electron chi connectivity index (χ0n) is 16.4. The van der Waals surface area contributed by atoms with E-state index >= 15 is 0 Å². The van der Waals surface area contributed by atoms with Gasteiger partial charge in [0.1, 0.15) is 11.5 Å². The normalized spacial score (nSPS) is 17.5. The van der Waals surface area contributed by atoms with E-state index in [-0.39, 0.29) is 24.9 Å². The quantitative estimate of drug-likeness (QED) is 0.775. The van der Waals surface area contributed by atoms with E-state index < -0.39 is 16.1 Å². The van der Waals surface area contributed by atoms with Gasteiger partial charge in [0, 0.05) is 23.6 Å². The molecule has 2 aromatic carbocycles. The van der Waals surface area contributed by atoms with Gasteiger partial charge in [-0.2, -0.15) is 0 Å². The number of halogens is 1. The van der Waals surface area contributed by atoms with E-state index in [1.54, 1.807) is 19.2 Å². The topological polar surface area (TPSA) is 84.9 Å². The van der Waals surface area contributed by atoms with E-state index in [1.165, 1.54) is 10.4 Å². The molecule has 1 amide bonds. The Labute approximate surface area is 175 Å². The molecule has 9 heteroatoms. The van der Waals surface area contributed by atoms with Gasteiger partial charge in [-0.3, -0.25) is 9.10 Å². The summed E-state index contributed by atoms with van der Waals surface area (Å²) in [5.41, 5.74) is 1.16. The van der Waals surface area contributed by atoms with Crippen molar-refractivity contribution in [2.75, 3.05) is 24.2 Å². The molecule has 0 radical (unpaired) electrons. The lowest BCUT2D eigenvalue weighted by Gasteiger charge is -2.21. The van der Waals surface area contributed by atoms with Crippen molar-refractivity contribution >= 4 is 33.2 Å². The van der Waals surface area contributed by atoms with Crippen LogP contribution in [0, 0.1) is 0 Å². The summed E-state index contributed by atoms with van der Waals surface area (Å²) >= 11 is 6.04. The van der Waals surface area contributed by atoms with Crippen molar-refractivity contribution in [3.05, 3.63) is 53.1 Å². The molecule has 0 saturated heterocycles. The van der Waals surface area contributed by atoms with E-state index in [9.17, 15) is 13.2 Å². The van der Waals surface area contributed by atoms with Crippen LogP contribution in [0.15, 0.2) is 42.5 Å². The van der Waals surface area contributed by atoms with Gasteiger partial charge >= 0.3 is 0 Å². The molecule has 0 unspecified atom stereocenters. The van der Waals surface area contributed by atoms with E-state index in [0.717, 1.165) is 11.8 Å². The molecular weight excluding hydrogens is 416 g/mol. The molecule has 0 aliphatic carbocycles. The number of methoxy groups -OCH3 is 1. The van der Waals surface area contributed by atoms with E-state index in [0.29, 0.717) is 22.2 Å². The van der Waals surface area contributed by atoms with Gasteiger partial charge in [0.2, 0.25) is 10.0 Å². The van der Waals surface area contributed by atoms with Gasteiger partial charge in [-0.25, -0.2) is 8.42 Å². The number of rotatable bonds is 5. The molecule has 2 aromatic rings. The Bertz CT molecular complexity index is 1010. The predicted octanol–water partition coefficient (Wildman–Crippen LogP) is 3.14. The zero-order valence-corrected chi connectivity index (χ0v) is 18.0. The Morgan fingerprint density at radius 2 is 2.03 bits per heavy atom. The van der Waals surface area contributed by atoms with Gasteiger partial charge in [0.05, 0.1) is 25.1 Å². The highest BCUT2D eigenvalue weighted by molar-refractivity contribution is 7.92. The van der Waals surface area contributed by atoms with Gasteiger partial charge < -0.3 is 14.8 Å². The molecule has 156 valence electrons. The fourth-order valence-electron chi connectivity index (χ4n) is 3.29. The largest absolute Gasteiger partial charge is 0.496 e. The third kappa shape index (κ3) is 4.76. The van der Waals surface area contributed by atoms with Crippen molar-refractivity contribution in [1.82, 2.24) is 5.32 Å². The predicted molar refractivity (Wildman–Crippen MR) is 112 cm³/mol.